The fraction of sp³-hybridized carbons (Fsp3) is 0.208. The van der Waals surface area contributed by atoms with Crippen LogP contribution >= 0.6 is 0 Å². The van der Waals surface area contributed by atoms with E-state index < -0.39 is 17.4 Å². The van der Waals surface area contributed by atoms with Crippen molar-refractivity contribution in [2.75, 3.05) is 6.61 Å². The predicted molar refractivity (Wildman–Crippen MR) is 132 cm³/mol. The molecule has 0 aliphatic heterocycles. The molecule has 184 valence electrons. The van der Waals surface area contributed by atoms with Crippen molar-refractivity contribution in [3.8, 4) is 11.6 Å². The van der Waals surface area contributed by atoms with Crippen molar-refractivity contribution in [3.63, 3.8) is 0 Å². The molecular formula is C24H23N7O5. The summed E-state index contributed by atoms with van der Waals surface area (Å²) in [5.41, 5.74) is -0.107. The summed E-state index contributed by atoms with van der Waals surface area (Å²) in [5.74, 6) is 0.383. The largest absolute Gasteiger partial charge is 0.493 e. The maximum Gasteiger partial charge on any atom is 0.332 e. The Balaban J connectivity index is 1.57. The van der Waals surface area contributed by atoms with E-state index in [4.69, 9.17) is 4.74 Å². The van der Waals surface area contributed by atoms with E-state index in [0.717, 1.165) is 4.57 Å². The van der Waals surface area contributed by atoms with Crippen LogP contribution in [0.15, 0.2) is 74.4 Å². The average Bonchev–Trinajstić information content (AvgIpc) is 3.40. The number of aliphatic hydroxyl groups excluding tert-OH is 1. The molecule has 12 nitrogen and oxygen atoms in total. The summed E-state index contributed by atoms with van der Waals surface area (Å²) in [6.07, 6.45) is -1.04. The van der Waals surface area contributed by atoms with E-state index in [0.29, 0.717) is 16.7 Å². The number of nitrogens with zero attached hydrogens (tertiary/aromatic N) is 6. The molecule has 3 aromatic heterocycles. The van der Waals surface area contributed by atoms with E-state index in [1.165, 1.54) is 23.2 Å². The van der Waals surface area contributed by atoms with Crippen molar-refractivity contribution < 1.29 is 14.9 Å². The summed E-state index contributed by atoms with van der Waals surface area (Å²) in [6, 6.07) is 16.2. The van der Waals surface area contributed by atoms with Gasteiger partial charge in [0.25, 0.3) is 11.5 Å². The number of ether oxygens (including phenoxy) is 1. The summed E-state index contributed by atoms with van der Waals surface area (Å²) in [6.45, 7) is -0.166. The Labute approximate surface area is 203 Å². The zero-order valence-electron chi connectivity index (χ0n) is 19.5. The maximum absolute atomic E-state index is 13.0. The minimum Gasteiger partial charge on any atom is -0.493 e. The number of aromatic hydroxyl groups is 1. The van der Waals surface area contributed by atoms with Crippen LogP contribution in [-0.2, 0) is 20.6 Å². The Morgan fingerprint density at radius 1 is 1.03 bits per heavy atom. The lowest BCUT2D eigenvalue weighted by Gasteiger charge is -2.14. The highest BCUT2D eigenvalue weighted by molar-refractivity contribution is 5.94. The lowest BCUT2D eigenvalue weighted by molar-refractivity contribution is 0.0937. The summed E-state index contributed by atoms with van der Waals surface area (Å²) in [5, 5.41) is 30.0. The fourth-order valence-corrected chi connectivity index (χ4v) is 3.97. The van der Waals surface area contributed by atoms with Crippen molar-refractivity contribution in [3.05, 3.63) is 75.4 Å². The number of aliphatic hydroxyl groups is 1. The first-order valence-corrected chi connectivity index (χ1v) is 11.1. The number of para-hydroxylation sites is 2. The van der Waals surface area contributed by atoms with Crippen molar-refractivity contribution in [2.45, 2.75) is 12.6 Å². The van der Waals surface area contributed by atoms with Crippen LogP contribution < -0.4 is 16.0 Å². The number of hydrogen-bond acceptors (Lipinski definition) is 8. The van der Waals surface area contributed by atoms with Gasteiger partial charge < -0.3 is 19.9 Å². The molecule has 0 bridgehead atoms. The summed E-state index contributed by atoms with van der Waals surface area (Å²) in [4.78, 5) is 32.7. The number of rotatable bonds is 7. The third-order valence-electron chi connectivity index (χ3n) is 5.81. The third kappa shape index (κ3) is 4.03. The maximum atomic E-state index is 13.0. The smallest absolute Gasteiger partial charge is 0.332 e. The lowest BCUT2D eigenvalue weighted by Crippen LogP contribution is -2.38. The molecule has 0 saturated carbocycles. The van der Waals surface area contributed by atoms with E-state index in [1.54, 1.807) is 30.3 Å². The standard InChI is InChI=1S/C24H23N7O5/c1-29-20-19(22(34)30(2)24(29)35)31(12-14(32)13-36-15-8-4-3-5-9-15)23(26-20)28-27-18-16-10-6-7-11-17(16)25-21(18)33/h3-11,14,25,32-33H,12-13H2,1-2H3. The number of fused-ring (bicyclic) bond motifs is 2. The zero-order valence-corrected chi connectivity index (χ0v) is 19.5. The van der Waals surface area contributed by atoms with E-state index in [1.807, 2.05) is 24.3 Å². The number of benzene rings is 2. The number of aromatic nitrogens is 5. The highest BCUT2D eigenvalue weighted by Crippen LogP contribution is 2.36. The Morgan fingerprint density at radius 2 is 1.75 bits per heavy atom. The molecule has 3 heterocycles. The van der Waals surface area contributed by atoms with Gasteiger partial charge in [-0.05, 0) is 18.2 Å². The van der Waals surface area contributed by atoms with Crippen LogP contribution in [0, 0.1) is 0 Å². The van der Waals surface area contributed by atoms with Crippen molar-refractivity contribution in [1.82, 2.24) is 23.7 Å². The first-order valence-electron chi connectivity index (χ1n) is 11.1. The Bertz CT molecular complexity index is 1710. The zero-order chi connectivity index (χ0) is 25.4. The molecule has 0 aliphatic carbocycles. The number of hydrogen-bond donors (Lipinski definition) is 3. The molecule has 2 aromatic carbocycles. The van der Waals surface area contributed by atoms with Crippen molar-refractivity contribution in [2.24, 2.45) is 24.3 Å². The molecule has 1 atom stereocenters. The first kappa shape index (κ1) is 23.1. The van der Waals surface area contributed by atoms with Crippen LogP contribution in [0.5, 0.6) is 11.6 Å². The second-order valence-corrected chi connectivity index (χ2v) is 8.25. The molecule has 36 heavy (non-hydrogen) atoms. The highest BCUT2D eigenvalue weighted by Gasteiger charge is 2.22. The normalized spacial score (nSPS) is 12.6. The van der Waals surface area contributed by atoms with Gasteiger partial charge in [0.15, 0.2) is 16.9 Å². The highest BCUT2D eigenvalue weighted by atomic mass is 16.5. The van der Waals surface area contributed by atoms with Crippen molar-refractivity contribution in [1.29, 1.82) is 0 Å². The topological polar surface area (TPSA) is 152 Å². The van der Waals surface area contributed by atoms with Crippen molar-refractivity contribution >= 4 is 33.7 Å². The summed E-state index contributed by atoms with van der Waals surface area (Å²) in [7, 11) is 2.85. The van der Waals surface area contributed by atoms with E-state index in [2.05, 4.69) is 20.2 Å². The van der Waals surface area contributed by atoms with Crippen LogP contribution in [0.25, 0.3) is 22.1 Å². The molecule has 0 radical (unpaired) electrons. The number of aryl methyl sites for hydroxylation is 1. The van der Waals surface area contributed by atoms with Gasteiger partial charge in [-0.1, -0.05) is 36.4 Å². The Hall–Kier alpha value is -4.71. The van der Waals surface area contributed by atoms with Gasteiger partial charge in [-0.25, -0.2) is 4.79 Å². The van der Waals surface area contributed by atoms with Gasteiger partial charge in [0, 0.05) is 19.5 Å². The SMILES string of the molecule is Cn1c(=O)c2c(nc(N=Nc3c(O)[nH]c4ccccc34)n2CC(O)COc2ccccc2)n(C)c1=O. The summed E-state index contributed by atoms with van der Waals surface area (Å²) < 4.78 is 9.21. The van der Waals surface area contributed by atoms with Gasteiger partial charge in [0.2, 0.25) is 5.88 Å². The van der Waals surface area contributed by atoms with Crippen LogP contribution in [0.2, 0.25) is 0 Å². The van der Waals surface area contributed by atoms with Gasteiger partial charge in [0.1, 0.15) is 18.5 Å². The van der Waals surface area contributed by atoms with Crippen LogP contribution in [0.4, 0.5) is 11.6 Å². The molecule has 0 amide bonds. The third-order valence-corrected chi connectivity index (χ3v) is 5.81. The van der Waals surface area contributed by atoms with Gasteiger partial charge in [-0.2, -0.15) is 4.98 Å². The molecule has 0 saturated heterocycles. The molecule has 5 aromatic rings. The quantitative estimate of drug-likeness (QED) is 0.299. The van der Waals surface area contributed by atoms with Crippen LogP contribution in [0.1, 0.15) is 0 Å². The fourth-order valence-electron chi connectivity index (χ4n) is 3.97. The number of nitrogens with one attached hydrogen (secondary N) is 1. The molecule has 0 fully saturated rings. The number of azo groups is 1. The molecular weight excluding hydrogens is 466 g/mol. The van der Waals surface area contributed by atoms with E-state index in [9.17, 15) is 19.8 Å². The second kappa shape index (κ2) is 9.15. The summed E-state index contributed by atoms with van der Waals surface area (Å²) >= 11 is 0. The van der Waals surface area contributed by atoms with Gasteiger partial charge in [0.05, 0.1) is 12.1 Å². The van der Waals surface area contributed by atoms with E-state index in [-0.39, 0.29) is 41.8 Å². The van der Waals surface area contributed by atoms with Gasteiger partial charge in [-0.3, -0.25) is 18.5 Å². The Morgan fingerprint density at radius 3 is 2.53 bits per heavy atom. The van der Waals surface area contributed by atoms with Crippen LogP contribution in [-0.4, -0.2) is 46.6 Å². The van der Waals surface area contributed by atoms with Gasteiger partial charge in [-0.15, -0.1) is 10.2 Å². The molecule has 5 rings (SSSR count). The average molecular weight is 489 g/mol. The van der Waals surface area contributed by atoms with Gasteiger partial charge >= 0.3 is 5.69 Å². The van der Waals surface area contributed by atoms with E-state index >= 15 is 0 Å². The number of aromatic amines is 1. The Kier molecular flexibility index (Phi) is 5.86. The molecule has 12 heteroatoms. The van der Waals surface area contributed by atoms with Crippen LogP contribution in [0.3, 0.4) is 0 Å². The molecule has 3 N–H and O–H groups in total. The predicted octanol–water partition coefficient (Wildman–Crippen LogP) is 2.48. The monoisotopic (exact) mass is 489 g/mol. The molecule has 0 spiro atoms. The first-order chi connectivity index (χ1) is 17.3. The minimum atomic E-state index is -1.04. The lowest BCUT2D eigenvalue weighted by atomic mass is 10.2. The minimum absolute atomic E-state index is 0.0215. The number of H-pyrrole nitrogens is 1. The second-order valence-electron chi connectivity index (χ2n) is 8.25. The molecule has 0 aliphatic rings. The molecule has 1 unspecified atom stereocenters. The number of imidazole rings is 1.